The van der Waals surface area contributed by atoms with E-state index in [4.69, 9.17) is 4.74 Å². The number of ether oxygens (including phenoxy) is 1. The number of nitrogens with zero attached hydrogens (tertiary/aromatic N) is 3. The molecule has 1 N–H and O–H groups in total. The van der Waals surface area contributed by atoms with Crippen LogP contribution in [0.1, 0.15) is 12.1 Å². The third kappa shape index (κ3) is 5.14. The Morgan fingerprint density at radius 3 is 2.84 bits per heavy atom. The molecule has 0 saturated carbocycles. The van der Waals surface area contributed by atoms with E-state index in [2.05, 4.69) is 10.3 Å². The van der Waals surface area contributed by atoms with Crippen LogP contribution in [0.15, 0.2) is 54.9 Å². The fraction of sp³-hybridized carbons (Fsp3) is 0.286. The second-order valence-electron chi connectivity index (χ2n) is 7.29. The summed E-state index contributed by atoms with van der Waals surface area (Å²) in [6.45, 7) is -1.38. The molecule has 3 aromatic rings. The monoisotopic (exact) mass is 432 g/mol. The lowest BCUT2D eigenvalue weighted by atomic mass is 10.1. The fourth-order valence-electron chi connectivity index (χ4n) is 3.44. The number of halogens is 3. The van der Waals surface area contributed by atoms with Gasteiger partial charge in [0, 0.05) is 37.1 Å². The van der Waals surface area contributed by atoms with Crippen LogP contribution in [0.5, 0.6) is 5.75 Å². The molecule has 0 radical (unpaired) electrons. The van der Waals surface area contributed by atoms with E-state index >= 15 is 0 Å². The van der Waals surface area contributed by atoms with E-state index in [1.807, 2.05) is 35.0 Å². The molecule has 3 heterocycles. The molecule has 1 aliphatic rings. The lowest BCUT2D eigenvalue weighted by Gasteiger charge is -2.18. The zero-order chi connectivity index (χ0) is 22.0. The SMILES string of the molecule is O=C(Nc1cccc(OCc2cn3ccccc3n2)c1)C1CC(=O)N(CC(F)(F)F)C1. The molecular formula is C21H19F3N4O3. The maximum atomic E-state index is 12.5. The zero-order valence-corrected chi connectivity index (χ0v) is 16.3. The van der Waals surface area contributed by atoms with Crippen molar-refractivity contribution in [1.29, 1.82) is 0 Å². The number of benzene rings is 1. The van der Waals surface area contributed by atoms with E-state index in [1.54, 1.807) is 24.3 Å². The number of fused-ring (bicyclic) bond motifs is 1. The van der Waals surface area contributed by atoms with Gasteiger partial charge in [0.2, 0.25) is 11.8 Å². The second kappa shape index (κ2) is 8.29. The minimum Gasteiger partial charge on any atom is -0.487 e. The number of amides is 2. The van der Waals surface area contributed by atoms with Crippen molar-refractivity contribution in [3.63, 3.8) is 0 Å². The summed E-state index contributed by atoms with van der Waals surface area (Å²) in [4.78, 5) is 29.3. The number of aromatic nitrogens is 2. The largest absolute Gasteiger partial charge is 0.487 e. The first kappa shape index (κ1) is 20.7. The van der Waals surface area contributed by atoms with Crippen molar-refractivity contribution in [2.24, 2.45) is 5.92 Å². The molecule has 2 amide bonds. The normalized spacial score (nSPS) is 16.7. The van der Waals surface area contributed by atoms with Gasteiger partial charge in [-0.15, -0.1) is 0 Å². The van der Waals surface area contributed by atoms with Crippen LogP contribution in [0.3, 0.4) is 0 Å². The smallest absolute Gasteiger partial charge is 0.406 e. The molecule has 1 aromatic carbocycles. The molecule has 1 saturated heterocycles. The lowest BCUT2D eigenvalue weighted by Crippen LogP contribution is -2.36. The van der Waals surface area contributed by atoms with E-state index < -0.39 is 30.5 Å². The average Bonchev–Trinajstić information content (AvgIpc) is 3.29. The number of alkyl halides is 3. The Labute approximate surface area is 175 Å². The van der Waals surface area contributed by atoms with Gasteiger partial charge in [0.05, 0.1) is 11.6 Å². The van der Waals surface area contributed by atoms with Gasteiger partial charge in [-0.3, -0.25) is 9.59 Å². The average molecular weight is 432 g/mol. The molecule has 2 aromatic heterocycles. The van der Waals surface area contributed by atoms with Crippen LogP contribution < -0.4 is 10.1 Å². The number of anilines is 1. The Hall–Kier alpha value is -3.56. The number of nitrogens with one attached hydrogen (secondary N) is 1. The quantitative estimate of drug-likeness (QED) is 0.649. The predicted molar refractivity (Wildman–Crippen MR) is 105 cm³/mol. The molecule has 0 spiro atoms. The summed E-state index contributed by atoms with van der Waals surface area (Å²) < 4.78 is 45.2. The van der Waals surface area contributed by atoms with Gasteiger partial charge in [0.25, 0.3) is 0 Å². The second-order valence-corrected chi connectivity index (χ2v) is 7.29. The van der Waals surface area contributed by atoms with Crippen molar-refractivity contribution in [3.05, 3.63) is 60.6 Å². The molecular weight excluding hydrogens is 413 g/mol. The third-order valence-corrected chi connectivity index (χ3v) is 4.86. The summed E-state index contributed by atoms with van der Waals surface area (Å²) in [7, 11) is 0. The highest BCUT2D eigenvalue weighted by molar-refractivity contribution is 5.97. The highest BCUT2D eigenvalue weighted by Crippen LogP contribution is 2.25. The first-order valence-corrected chi connectivity index (χ1v) is 9.58. The van der Waals surface area contributed by atoms with Crippen LogP contribution in [0.25, 0.3) is 5.65 Å². The van der Waals surface area contributed by atoms with Gasteiger partial charge in [-0.25, -0.2) is 4.98 Å². The van der Waals surface area contributed by atoms with Crippen molar-refractivity contribution in [1.82, 2.24) is 14.3 Å². The lowest BCUT2D eigenvalue weighted by molar-refractivity contribution is -0.157. The van der Waals surface area contributed by atoms with Gasteiger partial charge < -0.3 is 19.4 Å². The molecule has 7 nitrogen and oxygen atoms in total. The number of hydrogen-bond acceptors (Lipinski definition) is 4. The maximum absolute atomic E-state index is 12.5. The molecule has 162 valence electrons. The van der Waals surface area contributed by atoms with E-state index in [1.165, 1.54) is 0 Å². The zero-order valence-electron chi connectivity index (χ0n) is 16.3. The Balaban J connectivity index is 1.35. The molecule has 1 atom stereocenters. The molecule has 1 unspecified atom stereocenters. The van der Waals surface area contributed by atoms with Crippen LogP contribution in [0.2, 0.25) is 0 Å². The van der Waals surface area contributed by atoms with E-state index in [0.717, 1.165) is 11.3 Å². The van der Waals surface area contributed by atoms with Gasteiger partial charge in [-0.05, 0) is 24.3 Å². The molecule has 31 heavy (non-hydrogen) atoms. The van der Waals surface area contributed by atoms with Crippen LogP contribution >= 0.6 is 0 Å². The van der Waals surface area contributed by atoms with Crippen LogP contribution in [0.4, 0.5) is 18.9 Å². The molecule has 10 heteroatoms. The van der Waals surface area contributed by atoms with Crippen molar-refractivity contribution in [2.45, 2.75) is 19.2 Å². The van der Waals surface area contributed by atoms with Crippen molar-refractivity contribution < 1.29 is 27.5 Å². The van der Waals surface area contributed by atoms with Gasteiger partial charge >= 0.3 is 6.18 Å². The van der Waals surface area contributed by atoms with Gasteiger partial charge in [-0.2, -0.15) is 13.2 Å². The van der Waals surface area contributed by atoms with Crippen molar-refractivity contribution in [3.8, 4) is 5.75 Å². The summed E-state index contributed by atoms with van der Waals surface area (Å²) in [5.41, 5.74) is 1.96. The van der Waals surface area contributed by atoms with E-state index in [9.17, 15) is 22.8 Å². The first-order chi connectivity index (χ1) is 14.8. The summed E-state index contributed by atoms with van der Waals surface area (Å²) in [5, 5.41) is 2.65. The number of likely N-dealkylation sites (tertiary alicyclic amines) is 1. The Bertz CT molecular complexity index is 1080. The van der Waals surface area contributed by atoms with Crippen molar-refractivity contribution in [2.75, 3.05) is 18.4 Å². The van der Waals surface area contributed by atoms with Gasteiger partial charge in [0.15, 0.2) is 0 Å². The minimum absolute atomic E-state index is 0.225. The number of carbonyl (C=O) groups excluding carboxylic acids is 2. The van der Waals surface area contributed by atoms with Crippen LogP contribution in [-0.4, -0.2) is 45.4 Å². The summed E-state index contributed by atoms with van der Waals surface area (Å²) in [6.07, 6.45) is -1.00. The predicted octanol–water partition coefficient (Wildman–Crippen LogP) is 3.26. The number of imidazole rings is 1. The molecule has 1 aliphatic heterocycles. The Morgan fingerprint density at radius 1 is 1.23 bits per heavy atom. The molecule has 0 aliphatic carbocycles. The van der Waals surface area contributed by atoms with E-state index in [-0.39, 0.29) is 19.6 Å². The van der Waals surface area contributed by atoms with E-state index in [0.29, 0.717) is 16.3 Å². The number of pyridine rings is 1. The number of hydrogen-bond donors (Lipinski definition) is 1. The fourth-order valence-corrected chi connectivity index (χ4v) is 3.44. The van der Waals surface area contributed by atoms with Crippen LogP contribution in [-0.2, 0) is 16.2 Å². The third-order valence-electron chi connectivity index (χ3n) is 4.86. The highest BCUT2D eigenvalue weighted by atomic mass is 19.4. The summed E-state index contributed by atoms with van der Waals surface area (Å²) >= 11 is 0. The minimum atomic E-state index is -4.49. The van der Waals surface area contributed by atoms with Crippen LogP contribution in [0, 0.1) is 5.92 Å². The molecule has 4 rings (SSSR count). The van der Waals surface area contributed by atoms with Crippen molar-refractivity contribution >= 4 is 23.1 Å². The Kier molecular flexibility index (Phi) is 5.53. The Morgan fingerprint density at radius 2 is 2.06 bits per heavy atom. The number of rotatable bonds is 6. The van der Waals surface area contributed by atoms with Gasteiger partial charge in [0.1, 0.15) is 24.5 Å². The highest BCUT2D eigenvalue weighted by Gasteiger charge is 2.40. The molecule has 0 bridgehead atoms. The summed E-state index contributed by atoms with van der Waals surface area (Å²) in [5.74, 6) is -1.52. The van der Waals surface area contributed by atoms with Gasteiger partial charge in [-0.1, -0.05) is 12.1 Å². The number of carbonyl (C=O) groups is 2. The topological polar surface area (TPSA) is 75.9 Å². The maximum Gasteiger partial charge on any atom is 0.406 e. The summed E-state index contributed by atoms with van der Waals surface area (Å²) in [6, 6.07) is 12.3. The standard InChI is InChI=1S/C21H19F3N4O3/c22-21(23,24)13-28-10-14(8-19(28)29)20(30)26-15-4-3-5-17(9-15)31-12-16-11-27-7-2-1-6-18(27)25-16/h1-7,9,11,14H,8,10,12-13H2,(H,26,30). The molecule has 1 fully saturated rings. The first-order valence-electron chi connectivity index (χ1n) is 9.58.